The molecule has 0 saturated heterocycles. The third-order valence-corrected chi connectivity index (χ3v) is 4.99. The lowest BCUT2D eigenvalue weighted by Crippen LogP contribution is -2.40. The first-order valence-corrected chi connectivity index (χ1v) is 7.83. The molecule has 1 aromatic heterocycles. The van der Waals surface area contributed by atoms with Crippen molar-refractivity contribution in [3.05, 3.63) is 24.5 Å². The van der Waals surface area contributed by atoms with Crippen molar-refractivity contribution in [3.63, 3.8) is 0 Å². The lowest BCUT2D eigenvalue weighted by molar-refractivity contribution is 0.174. The Morgan fingerprint density at radius 1 is 0.778 bits per heavy atom. The Balaban J connectivity index is 1.65. The zero-order chi connectivity index (χ0) is 12.2. The van der Waals surface area contributed by atoms with Gasteiger partial charge in [0.15, 0.2) is 0 Å². The summed E-state index contributed by atoms with van der Waals surface area (Å²) in [6.45, 7) is 0. The molecule has 1 heterocycles. The zero-order valence-electron chi connectivity index (χ0n) is 11.4. The SMILES string of the molecule is c1ccn(NC2CCCCC2C2CCCCC2)c1. The quantitative estimate of drug-likeness (QED) is 0.847. The van der Waals surface area contributed by atoms with E-state index in [1.54, 1.807) is 0 Å². The van der Waals surface area contributed by atoms with Crippen LogP contribution in [0.5, 0.6) is 0 Å². The predicted octanol–water partition coefficient (Wildman–Crippen LogP) is 4.17. The maximum Gasteiger partial charge on any atom is 0.0455 e. The Hall–Kier alpha value is -0.920. The lowest BCUT2D eigenvalue weighted by atomic mass is 9.71. The molecule has 2 heteroatoms. The monoisotopic (exact) mass is 246 g/mol. The molecule has 2 fully saturated rings. The van der Waals surface area contributed by atoms with Gasteiger partial charge in [0.1, 0.15) is 0 Å². The van der Waals surface area contributed by atoms with Gasteiger partial charge in [0.05, 0.1) is 0 Å². The van der Waals surface area contributed by atoms with E-state index in [1.165, 1.54) is 57.8 Å². The molecule has 1 aromatic rings. The predicted molar refractivity (Wildman–Crippen MR) is 76.1 cm³/mol. The number of nitrogens with one attached hydrogen (secondary N) is 1. The molecule has 1 N–H and O–H groups in total. The molecule has 3 rings (SSSR count). The van der Waals surface area contributed by atoms with Gasteiger partial charge >= 0.3 is 0 Å². The van der Waals surface area contributed by atoms with Gasteiger partial charge in [-0.1, -0.05) is 44.9 Å². The van der Waals surface area contributed by atoms with Crippen molar-refractivity contribution in [1.29, 1.82) is 0 Å². The van der Waals surface area contributed by atoms with E-state index in [9.17, 15) is 0 Å². The summed E-state index contributed by atoms with van der Waals surface area (Å²) in [5.41, 5.74) is 3.72. The topological polar surface area (TPSA) is 17.0 Å². The van der Waals surface area contributed by atoms with Gasteiger partial charge < -0.3 is 5.43 Å². The van der Waals surface area contributed by atoms with Gasteiger partial charge in [0.2, 0.25) is 0 Å². The Morgan fingerprint density at radius 2 is 1.44 bits per heavy atom. The zero-order valence-corrected chi connectivity index (χ0v) is 11.4. The highest BCUT2D eigenvalue weighted by Gasteiger charge is 2.32. The van der Waals surface area contributed by atoms with E-state index < -0.39 is 0 Å². The van der Waals surface area contributed by atoms with Crippen LogP contribution in [0.4, 0.5) is 0 Å². The summed E-state index contributed by atoms with van der Waals surface area (Å²) in [6, 6.07) is 4.91. The highest BCUT2D eigenvalue weighted by Crippen LogP contribution is 2.38. The molecule has 2 aliphatic rings. The van der Waals surface area contributed by atoms with Crippen LogP contribution in [0.3, 0.4) is 0 Å². The Kier molecular flexibility index (Phi) is 3.92. The minimum atomic E-state index is 0.703. The van der Waals surface area contributed by atoms with Crippen LogP contribution in [0.1, 0.15) is 57.8 Å². The highest BCUT2D eigenvalue weighted by atomic mass is 15.4. The van der Waals surface area contributed by atoms with Crippen LogP contribution in [0.2, 0.25) is 0 Å². The summed E-state index contributed by atoms with van der Waals surface area (Å²) in [6.07, 6.45) is 17.3. The van der Waals surface area contributed by atoms with Gasteiger partial charge in [-0.3, -0.25) is 4.68 Å². The number of hydrogen-bond donors (Lipinski definition) is 1. The third-order valence-electron chi connectivity index (χ3n) is 4.99. The van der Waals surface area contributed by atoms with Gasteiger partial charge in [0, 0.05) is 18.4 Å². The molecule has 2 saturated carbocycles. The smallest absolute Gasteiger partial charge is 0.0455 e. The Labute approximate surface area is 111 Å². The number of rotatable bonds is 3. The molecule has 18 heavy (non-hydrogen) atoms. The molecule has 0 bridgehead atoms. The fourth-order valence-electron chi connectivity index (χ4n) is 4.06. The molecule has 0 radical (unpaired) electrons. The van der Waals surface area contributed by atoms with Crippen molar-refractivity contribution in [2.75, 3.05) is 5.43 Å². The van der Waals surface area contributed by atoms with Crippen molar-refractivity contribution in [1.82, 2.24) is 4.68 Å². The van der Waals surface area contributed by atoms with E-state index >= 15 is 0 Å². The summed E-state index contributed by atoms with van der Waals surface area (Å²) in [5, 5.41) is 0. The molecular weight excluding hydrogens is 220 g/mol. The molecule has 0 spiro atoms. The van der Waals surface area contributed by atoms with Crippen molar-refractivity contribution < 1.29 is 0 Å². The molecule has 100 valence electrons. The van der Waals surface area contributed by atoms with E-state index in [1.807, 2.05) is 0 Å². The molecule has 2 unspecified atom stereocenters. The highest BCUT2D eigenvalue weighted by molar-refractivity contribution is 4.99. The van der Waals surface area contributed by atoms with Crippen molar-refractivity contribution in [2.45, 2.75) is 63.8 Å². The van der Waals surface area contributed by atoms with Crippen molar-refractivity contribution >= 4 is 0 Å². The first-order chi connectivity index (χ1) is 8.93. The maximum atomic E-state index is 3.72. The summed E-state index contributed by atoms with van der Waals surface area (Å²) in [5.74, 6) is 1.91. The fraction of sp³-hybridized carbons (Fsp3) is 0.750. The van der Waals surface area contributed by atoms with Crippen LogP contribution < -0.4 is 5.43 Å². The summed E-state index contributed by atoms with van der Waals surface area (Å²) in [4.78, 5) is 0. The minimum Gasteiger partial charge on any atom is -0.323 e. The third kappa shape index (κ3) is 2.73. The van der Waals surface area contributed by atoms with Gasteiger partial charge in [-0.15, -0.1) is 0 Å². The van der Waals surface area contributed by atoms with Crippen molar-refractivity contribution in [2.24, 2.45) is 11.8 Å². The van der Waals surface area contributed by atoms with Crippen LogP contribution in [0.25, 0.3) is 0 Å². The molecule has 0 aliphatic heterocycles. The minimum absolute atomic E-state index is 0.703. The summed E-state index contributed by atoms with van der Waals surface area (Å²) >= 11 is 0. The standard InChI is InChI=1S/C16H26N2/c1-2-8-14(9-3-1)15-10-4-5-11-16(15)17-18-12-6-7-13-18/h6-7,12-17H,1-5,8-11H2. The van der Waals surface area contributed by atoms with Crippen LogP contribution in [0, 0.1) is 11.8 Å². The van der Waals surface area contributed by atoms with Gasteiger partial charge in [-0.25, -0.2) is 0 Å². The van der Waals surface area contributed by atoms with E-state index in [2.05, 4.69) is 34.6 Å². The van der Waals surface area contributed by atoms with Crippen LogP contribution in [-0.4, -0.2) is 10.7 Å². The molecule has 2 nitrogen and oxygen atoms in total. The van der Waals surface area contributed by atoms with Gasteiger partial charge in [0.25, 0.3) is 0 Å². The molecule has 0 aromatic carbocycles. The second kappa shape index (κ2) is 5.81. The first-order valence-electron chi connectivity index (χ1n) is 7.83. The maximum absolute atomic E-state index is 3.72. The number of nitrogens with zero attached hydrogens (tertiary/aromatic N) is 1. The molecule has 0 amide bonds. The first kappa shape index (κ1) is 12.1. The largest absolute Gasteiger partial charge is 0.323 e. The Bertz CT molecular complexity index is 338. The average Bonchev–Trinajstić information content (AvgIpc) is 2.93. The summed E-state index contributed by atoms with van der Waals surface area (Å²) in [7, 11) is 0. The fourth-order valence-corrected chi connectivity index (χ4v) is 4.06. The van der Waals surface area contributed by atoms with E-state index in [0.29, 0.717) is 6.04 Å². The van der Waals surface area contributed by atoms with E-state index in [-0.39, 0.29) is 0 Å². The van der Waals surface area contributed by atoms with Crippen LogP contribution >= 0.6 is 0 Å². The summed E-state index contributed by atoms with van der Waals surface area (Å²) < 4.78 is 2.16. The second-order valence-electron chi connectivity index (χ2n) is 6.17. The Morgan fingerprint density at radius 3 is 2.22 bits per heavy atom. The molecular formula is C16H26N2. The molecule has 2 aliphatic carbocycles. The van der Waals surface area contributed by atoms with Crippen molar-refractivity contribution in [3.8, 4) is 0 Å². The average molecular weight is 246 g/mol. The lowest BCUT2D eigenvalue weighted by Gasteiger charge is -2.39. The van der Waals surface area contributed by atoms with Gasteiger partial charge in [-0.2, -0.15) is 0 Å². The van der Waals surface area contributed by atoms with E-state index in [0.717, 1.165) is 11.8 Å². The van der Waals surface area contributed by atoms with Crippen LogP contribution in [-0.2, 0) is 0 Å². The second-order valence-corrected chi connectivity index (χ2v) is 6.17. The number of hydrogen-bond acceptors (Lipinski definition) is 1. The van der Waals surface area contributed by atoms with E-state index in [4.69, 9.17) is 0 Å². The van der Waals surface area contributed by atoms with Crippen LogP contribution in [0.15, 0.2) is 24.5 Å². The number of aromatic nitrogens is 1. The normalized spacial score (nSPS) is 30.2. The van der Waals surface area contributed by atoms with Gasteiger partial charge in [-0.05, 0) is 36.8 Å². The molecule has 2 atom stereocenters.